The summed E-state index contributed by atoms with van der Waals surface area (Å²) in [5.41, 5.74) is 16.3. The first-order chi connectivity index (χ1) is 24.7. The number of aromatic nitrogens is 3. The highest BCUT2D eigenvalue weighted by molar-refractivity contribution is 6.31. The molecule has 4 heterocycles. The van der Waals surface area contributed by atoms with Crippen molar-refractivity contribution in [3.63, 3.8) is 0 Å². The lowest BCUT2D eigenvalue weighted by molar-refractivity contribution is 0.00321. The molecule has 244 valence electrons. The van der Waals surface area contributed by atoms with Crippen molar-refractivity contribution in [1.82, 2.24) is 14.4 Å². The van der Waals surface area contributed by atoms with Gasteiger partial charge in [-0.05, 0) is 145 Å². The smallest absolute Gasteiger partial charge is 0.0728 e. The predicted octanol–water partition coefficient (Wildman–Crippen LogP) is 11.7. The van der Waals surface area contributed by atoms with Crippen LogP contribution < -0.4 is 0 Å². The van der Waals surface area contributed by atoms with Crippen molar-refractivity contribution in [3.8, 4) is 22.3 Å². The van der Waals surface area contributed by atoms with Gasteiger partial charge >= 0.3 is 0 Å². The van der Waals surface area contributed by atoms with Crippen LogP contribution in [-0.2, 0) is 0 Å². The lowest BCUT2D eigenvalue weighted by Crippen LogP contribution is -2.41. The lowest BCUT2D eigenvalue weighted by atomic mass is 9.56. The molecule has 5 saturated carbocycles. The summed E-state index contributed by atoms with van der Waals surface area (Å²) in [5.74, 6) is 6.14. The van der Waals surface area contributed by atoms with Gasteiger partial charge in [0.15, 0.2) is 0 Å². The quantitative estimate of drug-likeness (QED) is 0.187. The average Bonchev–Trinajstić information content (AvgIpc) is 3.80. The van der Waals surface area contributed by atoms with E-state index in [1.54, 1.807) is 11.1 Å². The van der Waals surface area contributed by atoms with E-state index in [9.17, 15) is 0 Å². The van der Waals surface area contributed by atoms with Gasteiger partial charge in [-0.25, -0.2) is 0 Å². The molecule has 3 heteroatoms. The number of nitrogens with zero attached hydrogens (tertiary/aromatic N) is 3. The molecule has 3 aromatic carbocycles. The number of pyridine rings is 2. The molecule has 7 bridgehead atoms. The van der Waals surface area contributed by atoms with E-state index in [-0.39, 0.29) is 0 Å². The molecule has 0 aliphatic heterocycles. The Morgan fingerprint density at radius 1 is 0.520 bits per heavy atom. The van der Waals surface area contributed by atoms with Gasteiger partial charge in [-0.2, -0.15) is 0 Å². The zero-order valence-corrected chi connectivity index (χ0v) is 28.5. The van der Waals surface area contributed by atoms with Crippen LogP contribution in [0.2, 0.25) is 0 Å². The molecule has 7 unspecified atom stereocenters. The normalized spacial score (nSPS) is 34.1. The number of benzene rings is 3. The van der Waals surface area contributed by atoms with E-state index in [0.29, 0.717) is 29.1 Å². The van der Waals surface area contributed by atoms with Crippen LogP contribution in [0.1, 0.15) is 110 Å². The molecule has 0 saturated heterocycles. The Balaban J connectivity index is 1.20. The predicted molar refractivity (Wildman–Crippen MR) is 201 cm³/mol. The highest BCUT2D eigenvalue weighted by Crippen LogP contribution is 2.76. The summed E-state index contributed by atoms with van der Waals surface area (Å²) in [6.07, 6.45) is 18.5. The fourth-order valence-corrected chi connectivity index (χ4v) is 14.8. The molecule has 7 atom stereocenters. The molecule has 5 fully saturated rings. The Labute approximate surface area is 292 Å². The highest BCUT2D eigenvalue weighted by Gasteiger charge is 2.66. The van der Waals surface area contributed by atoms with Crippen LogP contribution in [0.15, 0.2) is 79.1 Å². The van der Waals surface area contributed by atoms with E-state index in [1.807, 2.05) is 0 Å². The maximum atomic E-state index is 5.57. The van der Waals surface area contributed by atoms with Gasteiger partial charge in [-0.15, -0.1) is 0 Å². The minimum absolute atomic E-state index is 0.609. The van der Waals surface area contributed by atoms with Crippen molar-refractivity contribution in [1.29, 1.82) is 0 Å². The molecule has 4 aromatic heterocycles. The first-order valence-electron chi connectivity index (χ1n) is 19.9. The summed E-state index contributed by atoms with van der Waals surface area (Å²) in [6.45, 7) is 0. The third kappa shape index (κ3) is 2.98. The van der Waals surface area contributed by atoms with E-state index in [0.717, 1.165) is 23.7 Å². The van der Waals surface area contributed by atoms with E-state index in [2.05, 4.69) is 83.5 Å². The van der Waals surface area contributed by atoms with Crippen LogP contribution in [0.3, 0.4) is 0 Å². The zero-order valence-electron chi connectivity index (χ0n) is 28.5. The fourth-order valence-electron chi connectivity index (χ4n) is 14.8. The van der Waals surface area contributed by atoms with Crippen molar-refractivity contribution in [2.75, 3.05) is 0 Å². The molecule has 1 spiro atoms. The van der Waals surface area contributed by atoms with Crippen LogP contribution in [0.25, 0.3) is 60.3 Å². The minimum Gasteiger partial charge on any atom is -0.305 e. The number of fused-ring (bicyclic) bond motifs is 12. The largest absolute Gasteiger partial charge is 0.305 e. The van der Waals surface area contributed by atoms with Gasteiger partial charge in [0.2, 0.25) is 0 Å². The summed E-state index contributed by atoms with van der Waals surface area (Å²) >= 11 is 0. The third-order valence-corrected chi connectivity index (χ3v) is 16.2. The molecule has 8 aliphatic rings. The molecule has 15 rings (SSSR count). The van der Waals surface area contributed by atoms with Crippen LogP contribution in [-0.4, -0.2) is 14.4 Å². The summed E-state index contributed by atoms with van der Waals surface area (Å²) < 4.78 is 2.68. The van der Waals surface area contributed by atoms with Gasteiger partial charge in [0.1, 0.15) is 0 Å². The van der Waals surface area contributed by atoms with Crippen LogP contribution in [0.5, 0.6) is 0 Å². The molecule has 0 amide bonds. The molecule has 0 N–H and O–H groups in total. The summed E-state index contributed by atoms with van der Waals surface area (Å²) in [5, 5.41) is 6.00. The summed E-state index contributed by atoms with van der Waals surface area (Å²) in [6, 6.07) is 25.3. The van der Waals surface area contributed by atoms with Gasteiger partial charge in [-0.3, -0.25) is 9.97 Å². The second-order valence-electron chi connectivity index (χ2n) is 18.2. The van der Waals surface area contributed by atoms with Crippen molar-refractivity contribution >= 4 is 38.1 Å². The zero-order chi connectivity index (χ0) is 32.0. The van der Waals surface area contributed by atoms with Crippen LogP contribution in [0.4, 0.5) is 0 Å². The van der Waals surface area contributed by atoms with Crippen molar-refractivity contribution in [2.24, 2.45) is 29.1 Å². The molecule has 8 aliphatic carbocycles. The molecule has 0 radical (unpaired) electrons. The number of hydrogen-bond acceptors (Lipinski definition) is 2. The Hall–Kier alpha value is -4.24. The number of hydrogen-bond donors (Lipinski definition) is 0. The second kappa shape index (κ2) is 8.79. The van der Waals surface area contributed by atoms with Gasteiger partial charge in [-0.1, -0.05) is 60.7 Å². The van der Waals surface area contributed by atoms with Crippen molar-refractivity contribution in [2.45, 2.75) is 87.9 Å². The molecular formula is C47H41N3. The van der Waals surface area contributed by atoms with Crippen molar-refractivity contribution < 1.29 is 0 Å². The summed E-state index contributed by atoms with van der Waals surface area (Å²) in [7, 11) is 0. The van der Waals surface area contributed by atoms with Gasteiger partial charge < -0.3 is 4.40 Å². The number of rotatable bonds is 2. The summed E-state index contributed by atoms with van der Waals surface area (Å²) in [4.78, 5) is 11.1. The molecular weight excluding hydrogens is 607 g/mol. The Kier molecular flexibility index (Phi) is 4.67. The van der Waals surface area contributed by atoms with Gasteiger partial charge in [0.25, 0.3) is 0 Å². The topological polar surface area (TPSA) is 30.2 Å². The Bertz CT molecular complexity index is 2600. The minimum atomic E-state index is 0.609. The Morgan fingerprint density at radius 3 is 1.70 bits per heavy atom. The monoisotopic (exact) mass is 647 g/mol. The lowest BCUT2D eigenvalue weighted by Gasteiger charge is -2.48. The van der Waals surface area contributed by atoms with Gasteiger partial charge in [0.05, 0.1) is 28.9 Å². The molecule has 3 nitrogen and oxygen atoms in total. The fraction of sp³-hybridized carbons (Fsp3) is 0.404. The maximum Gasteiger partial charge on any atom is 0.0728 e. The van der Waals surface area contributed by atoms with E-state index >= 15 is 0 Å². The van der Waals surface area contributed by atoms with Crippen molar-refractivity contribution in [3.05, 3.63) is 102 Å². The second-order valence-corrected chi connectivity index (χ2v) is 18.2. The van der Waals surface area contributed by atoms with Crippen LogP contribution >= 0.6 is 0 Å². The third-order valence-electron chi connectivity index (χ3n) is 16.2. The van der Waals surface area contributed by atoms with E-state index in [1.165, 1.54) is 136 Å². The average molecular weight is 648 g/mol. The molecule has 50 heavy (non-hydrogen) atoms. The first-order valence-corrected chi connectivity index (χ1v) is 19.9. The van der Waals surface area contributed by atoms with E-state index in [4.69, 9.17) is 9.97 Å². The maximum absolute atomic E-state index is 5.57. The van der Waals surface area contributed by atoms with E-state index < -0.39 is 0 Å². The van der Waals surface area contributed by atoms with Gasteiger partial charge in [0, 0.05) is 44.8 Å². The first kappa shape index (κ1) is 26.6. The standard InChI is InChI=1S/C47H41N3/c1-3-7-26(8-4-1)34-19-35(27-9-5-2-6-10-27)41-43-37(23-49-45-31-17-33-18-32-16-30(39(43)45)20-47(32,33)21-31)50-36-22-48-44-29-14-24-11-25(15-29)13-28(12-24)38(44)42(36)40(34)46(41)50/h1-10,19,22-25,28-33H,11-18,20-21H2. The van der Waals surface area contributed by atoms with Crippen LogP contribution in [0, 0.1) is 29.1 Å². The Morgan fingerprint density at radius 2 is 1.06 bits per heavy atom. The SMILES string of the molecule is c1ccc(-c2cc(-c3ccccc3)c3c4c5c(ncc4n4c6cnc7c(c6c2c34)C2CC3CC(CC7C3)C2)C2CC3CC4CC5CC34C2)cc1. The molecule has 7 aromatic rings. The highest BCUT2D eigenvalue weighted by atomic mass is 15.0.